The minimum atomic E-state index is -0.217. The summed E-state index contributed by atoms with van der Waals surface area (Å²) in [4.78, 5) is 14.6. The van der Waals surface area contributed by atoms with Gasteiger partial charge in [0, 0.05) is 6.54 Å². The van der Waals surface area contributed by atoms with Crippen LogP contribution >= 0.6 is 0 Å². The standard InChI is InChI=1S/C16H19N5O2/c22-16(14-8-4-5-9-21-15(14)17-18-19-21)20-10-13(11-20)23-12-6-2-1-3-7-12/h1-3,6-7,13-14H,4-5,8-11H2/t14-/m0/s1. The maximum absolute atomic E-state index is 12.8. The van der Waals surface area contributed by atoms with E-state index in [1.54, 1.807) is 4.68 Å². The number of aryl methyl sites for hydroxylation is 1. The maximum Gasteiger partial charge on any atom is 0.233 e. The van der Waals surface area contributed by atoms with E-state index in [9.17, 15) is 4.79 Å². The Kier molecular flexibility index (Phi) is 3.69. The SMILES string of the molecule is O=C([C@H]1CCCCn2nnnc21)N1CC(Oc2ccccc2)C1. The normalized spacial score (nSPS) is 21.2. The molecule has 0 aliphatic carbocycles. The molecule has 0 spiro atoms. The van der Waals surface area contributed by atoms with Gasteiger partial charge >= 0.3 is 0 Å². The first kappa shape index (κ1) is 14.2. The van der Waals surface area contributed by atoms with E-state index in [0.29, 0.717) is 18.9 Å². The van der Waals surface area contributed by atoms with Crippen LogP contribution in [0.2, 0.25) is 0 Å². The summed E-state index contributed by atoms with van der Waals surface area (Å²) in [6.45, 7) is 2.06. The molecule has 1 amide bonds. The lowest BCUT2D eigenvalue weighted by Crippen LogP contribution is -2.57. The van der Waals surface area contributed by atoms with Crippen molar-refractivity contribution in [1.29, 1.82) is 0 Å². The number of ether oxygens (including phenoxy) is 1. The van der Waals surface area contributed by atoms with Crippen molar-refractivity contribution in [3.8, 4) is 5.75 Å². The molecule has 0 radical (unpaired) electrons. The van der Waals surface area contributed by atoms with Gasteiger partial charge in [0.1, 0.15) is 11.9 Å². The Hall–Kier alpha value is -2.44. The fraction of sp³-hybridized carbons (Fsp3) is 0.500. The molecule has 2 aliphatic heterocycles. The molecular formula is C16H19N5O2. The summed E-state index contributed by atoms with van der Waals surface area (Å²) in [5, 5.41) is 11.8. The molecule has 0 saturated carbocycles. The van der Waals surface area contributed by atoms with Gasteiger partial charge in [0.15, 0.2) is 5.82 Å². The van der Waals surface area contributed by atoms with Gasteiger partial charge in [0.25, 0.3) is 0 Å². The van der Waals surface area contributed by atoms with Crippen LogP contribution in [0.15, 0.2) is 30.3 Å². The molecule has 2 aromatic rings. The fourth-order valence-electron chi connectivity index (χ4n) is 3.20. The number of amides is 1. The first-order chi connectivity index (χ1) is 11.3. The van der Waals surface area contributed by atoms with Crippen molar-refractivity contribution < 1.29 is 9.53 Å². The minimum absolute atomic E-state index is 0.0723. The van der Waals surface area contributed by atoms with Crippen LogP contribution < -0.4 is 4.74 Å². The fourth-order valence-corrected chi connectivity index (χ4v) is 3.20. The number of carbonyl (C=O) groups excluding carboxylic acids is 1. The first-order valence-electron chi connectivity index (χ1n) is 8.08. The van der Waals surface area contributed by atoms with E-state index in [0.717, 1.165) is 31.6 Å². The number of tetrazole rings is 1. The lowest BCUT2D eigenvalue weighted by atomic mass is 9.98. The predicted molar refractivity (Wildman–Crippen MR) is 81.8 cm³/mol. The van der Waals surface area contributed by atoms with E-state index < -0.39 is 0 Å². The van der Waals surface area contributed by atoms with Crippen molar-refractivity contribution in [2.45, 2.75) is 37.8 Å². The molecule has 23 heavy (non-hydrogen) atoms. The number of fused-ring (bicyclic) bond motifs is 1. The highest BCUT2D eigenvalue weighted by Gasteiger charge is 2.38. The van der Waals surface area contributed by atoms with Gasteiger partial charge in [-0.2, -0.15) is 0 Å². The van der Waals surface area contributed by atoms with Crippen LogP contribution in [-0.2, 0) is 11.3 Å². The number of aromatic nitrogens is 4. The Morgan fingerprint density at radius 2 is 2.00 bits per heavy atom. The molecular weight excluding hydrogens is 294 g/mol. The van der Waals surface area contributed by atoms with Crippen molar-refractivity contribution >= 4 is 5.91 Å². The Bertz CT molecular complexity index is 681. The van der Waals surface area contributed by atoms with E-state index in [-0.39, 0.29) is 17.9 Å². The van der Waals surface area contributed by atoms with Crippen LogP contribution in [0.5, 0.6) is 5.75 Å². The van der Waals surface area contributed by atoms with E-state index in [4.69, 9.17) is 4.74 Å². The van der Waals surface area contributed by atoms with E-state index in [1.807, 2.05) is 35.2 Å². The van der Waals surface area contributed by atoms with Crippen LogP contribution in [0.3, 0.4) is 0 Å². The summed E-state index contributed by atoms with van der Waals surface area (Å²) in [7, 11) is 0. The van der Waals surface area contributed by atoms with Gasteiger partial charge in [-0.15, -0.1) is 5.10 Å². The monoisotopic (exact) mass is 313 g/mol. The molecule has 1 atom stereocenters. The summed E-state index contributed by atoms with van der Waals surface area (Å²) in [6, 6.07) is 9.72. The number of rotatable bonds is 3. The van der Waals surface area contributed by atoms with E-state index in [1.165, 1.54) is 0 Å². The third-order valence-electron chi connectivity index (χ3n) is 4.49. The van der Waals surface area contributed by atoms with Gasteiger partial charge in [0.2, 0.25) is 5.91 Å². The molecule has 1 fully saturated rings. The molecule has 7 heteroatoms. The van der Waals surface area contributed by atoms with E-state index >= 15 is 0 Å². The molecule has 0 unspecified atom stereocenters. The van der Waals surface area contributed by atoms with Crippen molar-refractivity contribution in [3.63, 3.8) is 0 Å². The van der Waals surface area contributed by atoms with Gasteiger partial charge < -0.3 is 9.64 Å². The first-order valence-corrected chi connectivity index (χ1v) is 8.08. The van der Waals surface area contributed by atoms with Gasteiger partial charge in [0.05, 0.1) is 19.0 Å². The largest absolute Gasteiger partial charge is 0.487 e. The zero-order valence-electron chi connectivity index (χ0n) is 12.8. The van der Waals surface area contributed by atoms with Crippen LogP contribution in [-0.4, -0.2) is 50.2 Å². The smallest absolute Gasteiger partial charge is 0.233 e. The highest BCUT2D eigenvalue weighted by molar-refractivity contribution is 5.83. The second-order valence-electron chi connectivity index (χ2n) is 6.10. The molecule has 1 aromatic carbocycles. The summed E-state index contributed by atoms with van der Waals surface area (Å²) in [5.41, 5.74) is 0. The molecule has 120 valence electrons. The zero-order valence-corrected chi connectivity index (χ0v) is 12.8. The quantitative estimate of drug-likeness (QED) is 0.852. The van der Waals surface area contributed by atoms with Gasteiger partial charge in [-0.25, -0.2) is 4.68 Å². The molecule has 1 saturated heterocycles. The highest BCUT2D eigenvalue weighted by Crippen LogP contribution is 2.28. The van der Waals surface area contributed by atoms with Crippen molar-refractivity contribution in [3.05, 3.63) is 36.2 Å². The number of benzene rings is 1. The van der Waals surface area contributed by atoms with E-state index in [2.05, 4.69) is 15.5 Å². The number of carbonyl (C=O) groups is 1. The average molecular weight is 313 g/mol. The topological polar surface area (TPSA) is 73.1 Å². The number of likely N-dealkylation sites (tertiary alicyclic amines) is 1. The summed E-state index contributed by atoms with van der Waals surface area (Å²) >= 11 is 0. The van der Waals surface area contributed by atoms with Crippen LogP contribution in [0.4, 0.5) is 0 Å². The lowest BCUT2D eigenvalue weighted by Gasteiger charge is -2.40. The molecule has 2 aliphatic rings. The van der Waals surface area contributed by atoms with Crippen molar-refractivity contribution in [1.82, 2.24) is 25.1 Å². The van der Waals surface area contributed by atoms with Crippen LogP contribution in [0.25, 0.3) is 0 Å². The molecule has 0 N–H and O–H groups in total. The zero-order chi connectivity index (χ0) is 15.6. The third-order valence-corrected chi connectivity index (χ3v) is 4.49. The van der Waals surface area contributed by atoms with Gasteiger partial charge in [-0.05, 0) is 35.4 Å². The second-order valence-corrected chi connectivity index (χ2v) is 6.10. The van der Waals surface area contributed by atoms with Gasteiger partial charge in [-0.1, -0.05) is 24.6 Å². The molecule has 1 aromatic heterocycles. The number of hydrogen-bond acceptors (Lipinski definition) is 5. The lowest BCUT2D eigenvalue weighted by molar-refractivity contribution is -0.142. The molecule has 0 bridgehead atoms. The summed E-state index contributed by atoms with van der Waals surface area (Å²) in [6.07, 6.45) is 2.92. The maximum atomic E-state index is 12.8. The van der Waals surface area contributed by atoms with Crippen LogP contribution in [0, 0.1) is 0 Å². The Balaban J connectivity index is 1.38. The minimum Gasteiger partial charge on any atom is -0.487 e. The predicted octanol–water partition coefficient (Wildman–Crippen LogP) is 1.23. The second kappa shape index (κ2) is 5.98. The third kappa shape index (κ3) is 2.78. The number of nitrogens with zero attached hydrogens (tertiary/aromatic N) is 5. The average Bonchev–Trinajstić information content (AvgIpc) is 2.90. The van der Waals surface area contributed by atoms with Gasteiger partial charge in [-0.3, -0.25) is 4.79 Å². The highest BCUT2D eigenvalue weighted by atomic mass is 16.5. The van der Waals surface area contributed by atoms with Crippen molar-refractivity contribution in [2.75, 3.05) is 13.1 Å². The summed E-state index contributed by atoms with van der Waals surface area (Å²) in [5.74, 6) is 1.46. The Morgan fingerprint density at radius 3 is 2.83 bits per heavy atom. The summed E-state index contributed by atoms with van der Waals surface area (Å²) < 4.78 is 7.63. The molecule has 4 rings (SSSR count). The van der Waals surface area contributed by atoms with Crippen molar-refractivity contribution in [2.24, 2.45) is 0 Å². The number of para-hydroxylation sites is 1. The Labute approximate surface area is 134 Å². The van der Waals surface area contributed by atoms with Crippen LogP contribution in [0.1, 0.15) is 31.0 Å². The molecule has 7 nitrogen and oxygen atoms in total. The number of hydrogen-bond donors (Lipinski definition) is 0. The Morgan fingerprint density at radius 1 is 1.17 bits per heavy atom. The molecule has 3 heterocycles.